The van der Waals surface area contributed by atoms with Crippen LogP contribution in [0.25, 0.3) is 10.9 Å². The number of benzene rings is 2. The maximum Gasteiger partial charge on any atom is 0.416 e. The number of nitrogens with one attached hydrogen (secondary N) is 1. The number of hydrogen-bond donors (Lipinski definition) is 1. The Bertz CT molecular complexity index is 1170. The van der Waals surface area contributed by atoms with Crippen LogP contribution in [-0.4, -0.2) is 49.0 Å². The van der Waals surface area contributed by atoms with Gasteiger partial charge < -0.3 is 15.1 Å². The van der Waals surface area contributed by atoms with Gasteiger partial charge >= 0.3 is 6.18 Å². The third kappa shape index (κ3) is 4.52. The van der Waals surface area contributed by atoms with E-state index in [1.807, 2.05) is 11.9 Å². The molecule has 4 rings (SSSR count). The van der Waals surface area contributed by atoms with Gasteiger partial charge in [0.1, 0.15) is 5.82 Å². The summed E-state index contributed by atoms with van der Waals surface area (Å²) in [5.74, 6) is -1.16. The Morgan fingerprint density at radius 1 is 1.03 bits per heavy atom. The maximum atomic E-state index is 13.8. The molecule has 1 N–H and O–H groups in total. The first-order valence-electron chi connectivity index (χ1n) is 10.1. The summed E-state index contributed by atoms with van der Waals surface area (Å²) in [5, 5.41) is 2.94. The highest BCUT2D eigenvalue weighted by atomic mass is 19.4. The molecule has 0 atom stereocenters. The van der Waals surface area contributed by atoms with Crippen molar-refractivity contribution in [2.24, 2.45) is 0 Å². The van der Waals surface area contributed by atoms with Gasteiger partial charge in [0, 0.05) is 37.3 Å². The number of piperazine rings is 1. The van der Waals surface area contributed by atoms with E-state index in [2.05, 4.69) is 15.2 Å². The number of carbonyl (C=O) groups is 1. The number of pyridine rings is 1. The number of nitrogens with zero attached hydrogens (tertiary/aromatic N) is 3. The number of rotatable bonds is 3. The molecule has 5 nitrogen and oxygen atoms in total. The van der Waals surface area contributed by atoms with E-state index in [4.69, 9.17) is 0 Å². The van der Waals surface area contributed by atoms with E-state index in [1.165, 1.54) is 30.3 Å². The molecule has 1 aliphatic heterocycles. The minimum absolute atomic E-state index is 0.0633. The summed E-state index contributed by atoms with van der Waals surface area (Å²) >= 11 is 0. The summed E-state index contributed by atoms with van der Waals surface area (Å²) in [5.41, 5.74) is 0.841. The maximum absolute atomic E-state index is 13.8. The van der Waals surface area contributed by atoms with Crippen LogP contribution in [0.4, 0.5) is 28.9 Å². The van der Waals surface area contributed by atoms with E-state index < -0.39 is 23.5 Å². The fourth-order valence-corrected chi connectivity index (χ4v) is 3.84. The van der Waals surface area contributed by atoms with Crippen molar-refractivity contribution in [3.63, 3.8) is 0 Å². The Balaban J connectivity index is 1.75. The monoisotopic (exact) mass is 446 g/mol. The van der Waals surface area contributed by atoms with E-state index in [9.17, 15) is 22.4 Å². The van der Waals surface area contributed by atoms with Gasteiger partial charge in [0.05, 0.1) is 28.0 Å². The number of halogens is 4. The van der Waals surface area contributed by atoms with Crippen LogP contribution in [0.1, 0.15) is 21.6 Å². The molecule has 1 aromatic heterocycles. The molecule has 1 fully saturated rings. The Hall–Kier alpha value is -3.20. The van der Waals surface area contributed by atoms with Gasteiger partial charge in [-0.2, -0.15) is 13.2 Å². The van der Waals surface area contributed by atoms with Gasteiger partial charge in [0.25, 0.3) is 5.91 Å². The van der Waals surface area contributed by atoms with Crippen molar-refractivity contribution in [1.82, 2.24) is 9.88 Å². The third-order valence-corrected chi connectivity index (χ3v) is 5.56. The molecule has 2 aromatic carbocycles. The van der Waals surface area contributed by atoms with Crippen molar-refractivity contribution in [2.45, 2.75) is 13.1 Å². The highest BCUT2D eigenvalue weighted by molar-refractivity contribution is 6.13. The second-order valence-electron chi connectivity index (χ2n) is 7.95. The lowest BCUT2D eigenvalue weighted by molar-refractivity contribution is -0.137. The summed E-state index contributed by atoms with van der Waals surface area (Å²) < 4.78 is 54.0. The molecular weight excluding hydrogens is 424 g/mol. The first-order valence-corrected chi connectivity index (χ1v) is 10.1. The minimum Gasteiger partial charge on any atom is -0.367 e. The van der Waals surface area contributed by atoms with E-state index in [1.54, 1.807) is 6.92 Å². The molecule has 168 valence electrons. The van der Waals surface area contributed by atoms with Gasteiger partial charge in [-0.3, -0.25) is 9.78 Å². The zero-order chi connectivity index (χ0) is 23.0. The minimum atomic E-state index is -4.55. The quantitative estimate of drug-likeness (QED) is 0.593. The number of alkyl halides is 3. The van der Waals surface area contributed by atoms with Crippen LogP contribution in [0.3, 0.4) is 0 Å². The molecular formula is C23H22F4N4O. The van der Waals surface area contributed by atoms with E-state index in [-0.39, 0.29) is 11.3 Å². The molecule has 1 aliphatic rings. The molecule has 0 radical (unpaired) electrons. The van der Waals surface area contributed by atoms with Crippen molar-refractivity contribution < 1.29 is 22.4 Å². The first kappa shape index (κ1) is 22.0. The molecule has 0 aliphatic carbocycles. The molecule has 0 unspecified atom stereocenters. The number of aryl methyl sites for hydroxylation is 1. The SMILES string of the molecule is Cc1cc(C(=O)Nc2cc(C(F)(F)F)ccc2N2CCN(C)CC2)c2cc(F)ccc2n1. The number of aromatic nitrogens is 1. The van der Waals surface area contributed by atoms with Crippen molar-refractivity contribution in [1.29, 1.82) is 0 Å². The summed E-state index contributed by atoms with van der Waals surface area (Å²) in [6, 6.07) is 8.76. The van der Waals surface area contributed by atoms with Crippen molar-refractivity contribution in [3.05, 3.63) is 65.1 Å². The zero-order valence-corrected chi connectivity index (χ0v) is 17.6. The lowest BCUT2D eigenvalue weighted by Gasteiger charge is -2.35. The highest BCUT2D eigenvalue weighted by Crippen LogP contribution is 2.36. The predicted molar refractivity (Wildman–Crippen MR) is 116 cm³/mol. The largest absolute Gasteiger partial charge is 0.416 e. The second kappa shape index (κ2) is 8.38. The lowest BCUT2D eigenvalue weighted by Crippen LogP contribution is -2.44. The molecule has 0 spiro atoms. The number of amides is 1. The standard InChI is InChI=1S/C23H22F4N4O/c1-14-11-18(17-13-16(24)4-5-19(17)28-14)22(32)29-20-12-15(23(25,26)27)3-6-21(20)31-9-7-30(2)8-10-31/h3-6,11-13H,7-10H2,1-2H3,(H,29,32). The third-order valence-electron chi connectivity index (χ3n) is 5.56. The molecule has 0 saturated carbocycles. The Labute approximate surface area is 182 Å². The number of fused-ring (bicyclic) bond motifs is 1. The van der Waals surface area contributed by atoms with Crippen LogP contribution in [-0.2, 0) is 6.18 Å². The van der Waals surface area contributed by atoms with Gasteiger partial charge in [-0.15, -0.1) is 0 Å². The van der Waals surface area contributed by atoms with Gasteiger partial charge in [-0.1, -0.05) is 0 Å². The van der Waals surface area contributed by atoms with Crippen LogP contribution in [0, 0.1) is 12.7 Å². The molecule has 1 amide bonds. The normalized spacial score (nSPS) is 15.2. The van der Waals surface area contributed by atoms with Crippen molar-refractivity contribution in [3.8, 4) is 0 Å². The van der Waals surface area contributed by atoms with Gasteiger partial charge in [0.15, 0.2) is 0 Å². The van der Waals surface area contributed by atoms with E-state index >= 15 is 0 Å². The Morgan fingerprint density at radius 3 is 2.44 bits per heavy atom. The Kier molecular flexibility index (Phi) is 5.77. The smallest absolute Gasteiger partial charge is 0.367 e. The highest BCUT2D eigenvalue weighted by Gasteiger charge is 2.32. The molecule has 2 heterocycles. The first-order chi connectivity index (χ1) is 15.1. The fourth-order valence-electron chi connectivity index (χ4n) is 3.84. The number of carbonyl (C=O) groups excluding carboxylic acids is 1. The molecule has 0 bridgehead atoms. The zero-order valence-electron chi connectivity index (χ0n) is 17.6. The van der Waals surface area contributed by atoms with Crippen molar-refractivity contribution >= 4 is 28.2 Å². The summed E-state index contributed by atoms with van der Waals surface area (Å²) in [6.45, 7) is 4.43. The Morgan fingerprint density at radius 2 is 1.75 bits per heavy atom. The van der Waals surface area contributed by atoms with Crippen LogP contribution >= 0.6 is 0 Å². The van der Waals surface area contributed by atoms with Crippen LogP contribution < -0.4 is 10.2 Å². The van der Waals surface area contributed by atoms with Gasteiger partial charge in [0.2, 0.25) is 0 Å². The van der Waals surface area contributed by atoms with Gasteiger partial charge in [-0.25, -0.2) is 4.39 Å². The molecule has 3 aromatic rings. The average molecular weight is 446 g/mol. The number of hydrogen-bond acceptors (Lipinski definition) is 4. The second-order valence-corrected chi connectivity index (χ2v) is 7.95. The fraction of sp³-hybridized carbons (Fsp3) is 0.304. The average Bonchev–Trinajstić information content (AvgIpc) is 2.73. The van der Waals surface area contributed by atoms with Gasteiger partial charge in [-0.05, 0) is 56.4 Å². The van der Waals surface area contributed by atoms with Crippen LogP contribution in [0.2, 0.25) is 0 Å². The summed E-state index contributed by atoms with van der Waals surface area (Å²) in [6.07, 6.45) is -4.55. The van der Waals surface area contributed by atoms with Crippen LogP contribution in [0.15, 0.2) is 42.5 Å². The predicted octanol–water partition coefficient (Wildman–Crippen LogP) is 4.71. The topological polar surface area (TPSA) is 48.5 Å². The lowest BCUT2D eigenvalue weighted by atomic mass is 10.1. The summed E-state index contributed by atoms with van der Waals surface area (Å²) in [7, 11) is 1.97. The molecule has 9 heteroatoms. The molecule has 1 saturated heterocycles. The van der Waals surface area contributed by atoms with E-state index in [0.717, 1.165) is 25.2 Å². The molecule has 32 heavy (non-hydrogen) atoms. The number of anilines is 2. The van der Waals surface area contributed by atoms with E-state index in [0.29, 0.717) is 35.4 Å². The summed E-state index contributed by atoms with van der Waals surface area (Å²) in [4.78, 5) is 21.5. The van der Waals surface area contributed by atoms with Crippen molar-refractivity contribution in [2.75, 3.05) is 43.4 Å². The number of likely N-dealkylation sites (N-methyl/N-ethyl adjacent to an activating group) is 1. The van der Waals surface area contributed by atoms with Crippen LogP contribution in [0.5, 0.6) is 0 Å².